The van der Waals surface area contributed by atoms with Crippen LogP contribution in [-0.2, 0) is 11.3 Å². The maximum absolute atomic E-state index is 9.53. The molecule has 0 aliphatic carbocycles. The molecule has 1 aromatic carbocycles. The molecule has 0 aromatic heterocycles. The zero-order valence-corrected chi connectivity index (χ0v) is 10.2. The highest BCUT2D eigenvalue weighted by molar-refractivity contribution is 5.13. The number of hydrogen-bond acceptors (Lipinski definition) is 3. The number of aliphatic hydroxyl groups is 1. The normalized spacial score (nSPS) is 19.1. The van der Waals surface area contributed by atoms with Crippen LogP contribution in [0.25, 0.3) is 0 Å². The zero-order chi connectivity index (χ0) is 12.0. The van der Waals surface area contributed by atoms with Crippen molar-refractivity contribution in [2.24, 2.45) is 5.41 Å². The summed E-state index contributed by atoms with van der Waals surface area (Å²) in [5.41, 5.74) is 1.16. The molecular weight excluding hydrogens is 214 g/mol. The maximum Gasteiger partial charge on any atom is 0.0717 e. The summed E-state index contributed by atoms with van der Waals surface area (Å²) in [6, 6.07) is 10.2. The Morgan fingerprint density at radius 1 is 1.18 bits per heavy atom. The topological polar surface area (TPSA) is 41.5 Å². The van der Waals surface area contributed by atoms with Gasteiger partial charge in [-0.15, -0.1) is 0 Å². The Labute approximate surface area is 103 Å². The second-order valence-corrected chi connectivity index (χ2v) is 4.89. The summed E-state index contributed by atoms with van der Waals surface area (Å²) in [6.07, 6.45) is 2.00. The van der Waals surface area contributed by atoms with Crippen LogP contribution in [0.5, 0.6) is 0 Å². The lowest BCUT2D eigenvalue weighted by molar-refractivity contribution is -0.0186. The first kappa shape index (κ1) is 12.6. The Morgan fingerprint density at radius 3 is 2.53 bits per heavy atom. The van der Waals surface area contributed by atoms with Crippen LogP contribution >= 0.6 is 0 Å². The van der Waals surface area contributed by atoms with Gasteiger partial charge in [0.1, 0.15) is 0 Å². The van der Waals surface area contributed by atoms with Crippen molar-refractivity contribution in [1.29, 1.82) is 0 Å². The van der Waals surface area contributed by atoms with E-state index in [0.29, 0.717) is 13.2 Å². The Morgan fingerprint density at radius 2 is 1.88 bits per heavy atom. The Bertz CT molecular complexity index is 320. The summed E-state index contributed by atoms with van der Waals surface area (Å²) in [7, 11) is 0. The van der Waals surface area contributed by atoms with Crippen LogP contribution in [0.3, 0.4) is 0 Å². The summed E-state index contributed by atoms with van der Waals surface area (Å²) in [6.45, 7) is 3.48. The summed E-state index contributed by atoms with van der Waals surface area (Å²) in [4.78, 5) is 0. The Kier molecular flexibility index (Phi) is 4.54. The van der Waals surface area contributed by atoms with Gasteiger partial charge in [-0.25, -0.2) is 0 Å². The van der Waals surface area contributed by atoms with Gasteiger partial charge in [0.2, 0.25) is 0 Å². The highest BCUT2D eigenvalue weighted by atomic mass is 16.5. The van der Waals surface area contributed by atoms with Crippen LogP contribution in [0.1, 0.15) is 18.4 Å². The van der Waals surface area contributed by atoms with E-state index >= 15 is 0 Å². The third-order valence-corrected chi connectivity index (χ3v) is 3.52. The van der Waals surface area contributed by atoms with Gasteiger partial charge < -0.3 is 15.2 Å². The molecule has 2 N–H and O–H groups in total. The van der Waals surface area contributed by atoms with E-state index in [1.165, 1.54) is 5.56 Å². The number of nitrogens with one attached hydrogen (secondary N) is 1. The van der Waals surface area contributed by atoms with Gasteiger partial charge in [0.25, 0.3) is 0 Å². The van der Waals surface area contributed by atoms with E-state index in [4.69, 9.17) is 4.74 Å². The van der Waals surface area contributed by atoms with E-state index in [0.717, 1.165) is 25.9 Å². The fraction of sp³-hybridized carbons (Fsp3) is 0.571. The summed E-state index contributed by atoms with van der Waals surface area (Å²) < 4.78 is 5.77. The van der Waals surface area contributed by atoms with Crippen molar-refractivity contribution >= 4 is 0 Å². The van der Waals surface area contributed by atoms with E-state index in [1.807, 2.05) is 18.2 Å². The molecule has 1 heterocycles. The molecule has 0 bridgehead atoms. The van der Waals surface area contributed by atoms with Gasteiger partial charge >= 0.3 is 0 Å². The van der Waals surface area contributed by atoms with E-state index in [1.54, 1.807) is 0 Å². The fourth-order valence-electron chi connectivity index (χ4n) is 2.26. The lowest BCUT2D eigenvalue weighted by Crippen LogP contribution is -2.42. The number of piperidine rings is 1. The molecule has 1 saturated heterocycles. The molecule has 0 unspecified atom stereocenters. The van der Waals surface area contributed by atoms with E-state index in [9.17, 15) is 5.11 Å². The zero-order valence-electron chi connectivity index (χ0n) is 10.2. The van der Waals surface area contributed by atoms with Gasteiger partial charge in [0, 0.05) is 5.41 Å². The van der Waals surface area contributed by atoms with Crippen molar-refractivity contribution < 1.29 is 9.84 Å². The standard InChI is InChI=1S/C14H21NO2/c16-11-14(6-8-15-9-7-14)12-17-10-13-4-2-1-3-5-13/h1-5,15-16H,6-12H2. The third kappa shape index (κ3) is 3.53. The molecule has 3 nitrogen and oxygen atoms in total. The van der Waals surface area contributed by atoms with Gasteiger partial charge in [-0.2, -0.15) is 0 Å². The summed E-state index contributed by atoms with van der Waals surface area (Å²) in [5.74, 6) is 0. The van der Waals surface area contributed by atoms with Crippen LogP contribution in [0.4, 0.5) is 0 Å². The molecule has 0 saturated carbocycles. The molecule has 3 heteroatoms. The van der Waals surface area contributed by atoms with Crippen molar-refractivity contribution in [2.45, 2.75) is 19.4 Å². The SMILES string of the molecule is OCC1(COCc2ccccc2)CCNCC1. The van der Waals surface area contributed by atoms with Crippen LogP contribution in [-0.4, -0.2) is 31.4 Å². The largest absolute Gasteiger partial charge is 0.396 e. The Balaban J connectivity index is 1.80. The molecule has 1 aliphatic rings. The molecule has 17 heavy (non-hydrogen) atoms. The van der Waals surface area contributed by atoms with Crippen molar-refractivity contribution in [3.05, 3.63) is 35.9 Å². The highest BCUT2D eigenvalue weighted by Crippen LogP contribution is 2.28. The molecule has 2 rings (SSSR count). The molecule has 0 amide bonds. The average Bonchev–Trinajstić information content (AvgIpc) is 2.41. The van der Waals surface area contributed by atoms with Crippen LogP contribution < -0.4 is 5.32 Å². The Hall–Kier alpha value is -0.900. The number of rotatable bonds is 5. The van der Waals surface area contributed by atoms with Crippen LogP contribution in [0, 0.1) is 5.41 Å². The van der Waals surface area contributed by atoms with E-state index in [-0.39, 0.29) is 12.0 Å². The van der Waals surface area contributed by atoms with Crippen molar-refractivity contribution in [3.8, 4) is 0 Å². The number of hydrogen-bond donors (Lipinski definition) is 2. The first-order chi connectivity index (χ1) is 8.35. The van der Waals surface area contributed by atoms with Gasteiger partial charge in [-0.3, -0.25) is 0 Å². The van der Waals surface area contributed by atoms with Crippen LogP contribution in [0.2, 0.25) is 0 Å². The van der Waals surface area contributed by atoms with E-state index in [2.05, 4.69) is 17.4 Å². The van der Waals surface area contributed by atoms with Gasteiger partial charge in [-0.1, -0.05) is 30.3 Å². The minimum absolute atomic E-state index is 0.0277. The predicted molar refractivity (Wildman–Crippen MR) is 67.7 cm³/mol. The molecule has 0 radical (unpaired) electrons. The average molecular weight is 235 g/mol. The first-order valence-electron chi connectivity index (χ1n) is 6.28. The smallest absolute Gasteiger partial charge is 0.0717 e. The molecule has 0 spiro atoms. The first-order valence-corrected chi connectivity index (χ1v) is 6.28. The second-order valence-electron chi connectivity index (χ2n) is 4.89. The fourth-order valence-corrected chi connectivity index (χ4v) is 2.26. The minimum atomic E-state index is -0.0277. The van der Waals surface area contributed by atoms with Gasteiger partial charge in [-0.05, 0) is 31.5 Å². The molecule has 1 aliphatic heterocycles. The van der Waals surface area contributed by atoms with Gasteiger partial charge in [0.15, 0.2) is 0 Å². The van der Waals surface area contributed by atoms with E-state index < -0.39 is 0 Å². The van der Waals surface area contributed by atoms with Crippen molar-refractivity contribution in [2.75, 3.05) is 26.3 Å². The van der Waals surface area contributed by atoms with Crippen molar-refractivity contribution in [3.63, 3.8) is 0 Å². The number of benzene rings is 1. The number of ether oxygens (including phenoxy) is 1. The minimum Gasteiger partial charge on any atom is -0.396 e. The molecule has 1 aromatic rings. The number of aliphatic hydroxyl groups excluding tert-OH is 1. The molecule has 1 fully saturated rings. The quantitative estimate of drug-likeness (QED) is 0.814. The highest BCUT2D eigenvalue weighted by Gasteiger charge is 2.31. The molecular formula is C14H21NO2. The monoisotopic (exact) mass is 235 g/mol. The maximum atomic E-state index is 9.53. The summed E-state index contributed by atoms with van der Waals surface area (Å²) >= 11 is 0. The lowest BCUT2D eigenvalue weighted by Gasteiger charge is -2.35. The van der Waals surface area contributed by atoms with Crippen LogP contribution in [0.15, 0.2) is 30.3 Å². The molecule has 94 valence electrons. The predicted octanol–water partition coefficient (Wildman–Crippen LogP) is 1.57. The van der Waals surface area contributed by atoms with Gasteiger partial charge in [0.05, 0.1) is 19.8 Å². The second kappa shape index (κ2) is 6.15. The third-order valence-electron chi connectivity index (χ3n) is 3.52. The summed E-state index contributed by atoms with van der Waals surface area (Å²) in [5, 5.41) is 12.8. The molecule has 0 atom stereocenters. The van der Waals surface area contributed by atoms with Crippen molar-refractivity contribution in [1.82, 2.24) is 5.32 Å². The lowest BCUT2D eigenvalue weighted by atomic mass is 9.80.